The molecule has 21 heavy (non-hydrogen) atoms. The summed E-state index contributed by atoms with van der Waals surface area (Å²) >= 11 is 0. The number of ether oxygens (including phenoxy) is 2. The minimum Gasteiger partial charge on any atom is -0.466 e. The number of nitrogens with one attached hydrogen (secondary N) is 1. The van der Waals surface area contributed by atoms with E-state index in [1.54, 1.807) is 6.08 Å². The van der Waals surface area contributed by atoms with Crippen LogP contribution in [0.1, 0.15) is 19.4 Å². The number of methoxy groups -OCH3 is 1. The number of carbonyl (C=O) groups excluding carboxylic acids is 2. The molecule has 1 aromatic rings. The third kappa shape index (κ3) is 6.61. The predicted octanol–water partition coefficient (Wildman–Crippen LogP) is 2.67. The molecular formula is C16H21NO4. The Morgan fingerprint density at radius 1 is 1.24 bits per heavy atom. The molecule has 0 bridgehead atoms. The SMILES string of the molecule is COC(=O)/C=C\[C@@H](NC(=O)OCc1ccccc1)C(C)C. The molecule has 1 rings (SSSR count). The maximum Gasteiger partial charge on any atom is 0.407 e. The molecule has 0 fully saturated rings. The minimum absolute atomic E-state index is 0.121. The first-order chi connectivity index (χ1) is 10.0. The summed E-state index contributed by atoms with van der Waals surface area (Å²) in [4.78, 5) is 22.8. The molecule has 114 valence electrons. The van der Waals surface area contributed by atoms with Crippen molar-refractivity contribution in [2.24, 2.45) is 5.92 Å². The van der Waals surface area contributed by atoms with Crippen LogP contribution in [0.2, 0.25) is 0 Å². The normalized spacial score (nSPS) is 12.2. The van der Waals surface area contributed by atoms with Gasteiger partial charge in [-0.05, 0) is 11.5 Å². The molecule has 0 saturated carbocycles. The van der Waals surface area contributed by atoms with E-state index in [2.05, 4.69) is 10.1 Å². The smallest absolute Gasteiger partial charge is 0.407 e. The number of rotatable bonds is 6. The number of hydrogen-bond donors (Lipinski definition) is 1. The highest BCUT2D eigenvalue weighted by molar-refractivity contribution is 5.82. The van der Waals surface area contributed by atoms with Gasteiger partial charge in [0, 0.05) is 6.08 Å². The van der Waals surface area contributed by atoms with E-state index in [9.17, 15) is 9.59 Å². The lowest BCUT2D eigenvalue weighted by molar-refractivity contribution is -0.134. The molecule has 0 radical (unpaired) electrons. The standard InChI is InChI=1S/C16H21NO4/c1-12(2)14(9-10-15(18)20-3)17-16(19)21-11-13-7-5-4-6-8-13/h4-10,12,14H,11H2,1-3H3,(H,17,19)/b10-9-/t14-/m1/s1. The van der Waals surface area contributed by atoms with Crippen LogP contribution in [0.4, 0.5) is 4.79 Å². The second-order valence-electron chi connectivity index (χ2n) is 4.86. The van der Waals surface area contributed by atoms with Crippen LogP contribution in [0.15, 0.2) is 42.5 Å². The predicted molar refractivity (Wildman–Crippen MR) is 79.5 cm³/mol. The number of alkyl carbamates (subject to hydrolysis) is 1. The Kier molecular flexibility index (Phi) is 7.01. The van der Waals surface area contributed by atoms with Gasteiger partial charge < -0.3 is 14.8 Å². The van der Waals surface area contributed by atoms with E-state index in [4.69, 9.17) is 4.74 Å². The summed E-state index contributed by atoms with van der Waals surface area (Å²) in [6.07, 6.45) is 2.37. The molecule has 1 N–H and O–H groups in total. The number of amides is 1. The van der Waals surface area contributed by atoms with E-state index in [1.165, 1.54) is 13.2 Å². The van der Waals surface area contributed by atoms with Crippen molar-refractivity contribution >= 4 is 12.1 Å². The first kappa shape index (κ1) is 16.8. The van der Waals surface area contributed by atoms with Gasteiger partial charge in [-0.15, -0.1) is 0 Å². The number of benzene rings is 1. The van der Waals surface area contributed by atoms with Gasteiger partial charge in [-0.2, -0.15) is 0 Å². The summed E-state index contributed by atoms with van der Waals surface area (Å²) in [6, 6.07) is 9.12. The third-order valence-corrected chi connectivity index (χ3v) is 2.86. The Labute approximate surface area is 124 Å². The number of hydrogen-bond acceptors (Lipinski definition) is 4. The van der Waals surface area contributed by atoms with Crippen LogP contribution in [0.3, 0.4) is 0 Å². The lowest BCUT2D eigenvalue weighted by atomic mass is 10.0. The van der Waals surface area contributed by atoms with Crippen LogP contribution < -0.4 is 5.32 Å². The second kappa shape index (κ2) is 8.79. The number of carbonyl (C=O) groups is 2. The molecule has 0 aliphatic carbocycles. The van der Waals surface area contributed by atoms with Gasteiger partial charge in [0.15, 0.2) is 0 Å². The first-order valence-electron chi connectivity index (χ1n) is 6.76. The van der Waals surface area contributed by atoms with Gasteiger partial charge in [-0.1, -0.05) is 50.3 Å². The quantitative estimate of drug-likeness (QED) is 0.646. The van der Waals surface area contributed by atoms with Crippen LogP contribution in [0.5, 0.6) is 0 Å². The van der Waals surface area contributed by atoms with Crippen molar-refractivity contribution in [1.82, 2.24) is 5.32 Å². The van der Waals surface area contributed by atoms with Crippen LogP contribution in [-0.2, 0) is 20.9 Å². The average molecular weight is 291 g/mol. The summed E-state index contributed by atoms with van der Waals surface area (Å²) in [5, 5.41) is 2.71. The van der Waals surface area contributed by atoms with E-state index < -0.39 is 12.1 Å². The molecular weight excluding hydrogens is 270 g/mol. The zero-order chi connectivity index (χ0) is 15.7. The van der Waals surface area contributed by atoms with Crippen molar-refractivity contribution in [3.8, 4) is 0 Å². The van der Waals surface area contributed by atoms with Crippen molar-refractivity contribution in [2.75, 3.05) is 7.11 Å². The Morgan fingerprint density at radius 3 is 2.48 bits per heavy atom. The molecule has 0 heterocycles. The lowest BCUT2D eigenvalue weighted by Gasteiger charge is -2.18. The molecule has 1 aromatic carbocycles. The summed E-state index contributed by atoms with van der Waals surface area (Å²) in [5.41, 5.74) is 0.916. The fourth-order valence-corrected chi connectivity index (χ4v) is 1.59. The molecule has 0 unspecified atom stereocenters. The summed E-state index contributed by atoms with van der Waals surface area (Å²) < 4.78 is 9.66. The van der Waals surface area contributed by atoms with Crippen LogP contribution >= 0.6 is 0 Å². The minimum atomic E-state index is -0.521. The maximum atomic E-state index is 11.8. The lowest BCUT2D eigenvalue weighted by Crippen LogP contribution is -2.37. The van der Waals surface area contributed by atoms with Gasteiger partial charge >= 0.3 is 12.1 Å². The van der Waals surface area contributed by atoms with Gasteiger partial charge in [-0.25, -0.2) is 9.59 Å². The fourth-order valence-electron chi connectivity index (χ4n) is 1.59. The van der Waals surface area contributed by atoms with Crippen molar-refractivity contribution < 1.29 is 19.1 Å². The monoisotopic (exact) mass is 291 g/mol. The highest BCUT2D eigenvalue weighted by atomic mass is 16.5. The summed E-state index contributed by atoms with van der Waals surface area (Å²) in [6.45, 7) is 4.08. The van der Waals surface area contributed by atoms with Gasteiger partial charge in [0.05, 0.1) is 13.2 Å². The van der Waals surface area contributed by atoms with E-state index in [0.29, 0.717) is 0 Å². The molecule has 0 saturated heterocycles. The summed E-state index contributed by atoms with van der Waals surface area (Å²) in [5.74, 6) is -0.338. The zero-order valence-corrected chi connectivity index (χ0v) is 12.5. The van der Waals surface area contributed by atoms with E-state index in [0.717, 1.165) is 5.56 Å². The maximum absolute atomic E-state index is 11.8. The Bertz CT molecular complexity index is 482. The van der Waals surface area contributed by atoms with Gasteiger partial charge in [0.2, 0.25) is 0 Å². The van der Waals surface area contributed by atoms with Crippen molar-refractivity contribution in [1.29, 1.82) is 0 Å². The van der Waals surface area contributed by atoms with Gasteiger partial charge in [0.1, 0.15) is 6.61 Å². The summed E-state index contributed by atoms with van der Waals surface area (Å²) in [7, 11) is 1.30. The van der Waals surface area contributed by atoms with E-state index in [1.807, 2.05) is 44.2 Å². The van der Waals surface area contributed by atoms with Crippen LogP contribution in [0.25, 0.3) is 0 Å². The molecule has 0 aliphatic rings. The fraction of sp³-hybridized carbons (Fsp3) is 0.375. The highest BCUT2D eigenvalue weighted by Crippen LogP contribution is 2.05. The number of esters is 1. The molecule has 1 amide bonds. The largest absolute Gasteiger partial charge is 0.466 e. The highest BCUT2D eigenvalue weighted by Gasteiger charge is 2.14. The molecule has 0 spiro atoms. The van der Waals surface area contributed by atoms with Crippen LogP contribution in [-0.4, -0.2) is 25.2 Å². The second-order valence-corrected chi connectivity index (χ2v) is 4.86. The Hall–Kier alpha value is -2.30. The molecule has 0 aliphatic heterocycles. The Morgan fingerprint density at radius 2 is 1.90 bits per heavy atom. The molecule has 5 heteroatoms. The average Bonchev–Trinajstić information content (AvgIpc) is 2.49. The van der Waals surface area contributed by atoms with Crippen molar-refractivity contribution in [3.63, 3.8) is 0 Å². The molecule has 1 atom stereocenters. The van der Waals surface area contributed by atoms with Crippen molar-refractivity contribution in [2.45, 2.75) is 26.5 Å². The van der Waals surface area contributed by atoms with Crippen molar-refractivity contribution in [3.05, 3.63) is 48.0 Å². The van der Waals surface area contributed by atoms with E-state index >= 15 is 0 Å². The van der Waals surface area contributed by atoms with Gasteiger partial charge in [0.25, 0.3) is 0 Å². The zero-order valence-electron chi connectivity index (χ0n) is 12.5. The first-order valence-corrected chi connectivity index (χ1v) is 6.76. The van der Waals surface area contributed by atoms with Crippen LogP contribution in [0, 0.1) is 5.92 Å². The third-order valence-electron chi connectivity index (χ3n) is 2.86. The topological polar surface area (TPSA) is 64.6 Å². The van der Waals surface area contributed by atoms with Gasteiger partial charge in [-0.3, -0.25) is 0 Å². The molecule has 0 aromatic heterocycles. The molecule has 5 nitrogen and oxygen atoms in total. The van der Waals surface area contributed by atoms with E-state index in [-0.39, 0.29) is 18.6 Å². The Balaban J connectivity index is 2.49.